The fourth-order valence-electron chi connectivity index (χ4n) is 2.63. The molecule has 0 radical (unpaired) electrons. The van der Waals surface area contributed by atoms with Crippen LogP contribution in [0.1, 0.15) is 33.6 Å². The Kier molecular flexibility index (Phi) is 1.32. The van der Waals surface area contributed by atoms with Gasteiger partial charge >= 0.3 is 0 Å². The summed E-state index contributed by atoms with van der Waals surface area (Å²) in [5.41, 5.74) is -0.731. The van der Waals surface area contributed by atoms with E-state index in [4.69, 9.17) is 0 Å². The maximum absolute atomic E-state index is 11.4. The van der Waals surface area contributed by atoms with Crippen molar-refractivity contribution < 1.29 is 9.90 Å². The smallest absolute Gasteiger partial charge is 0.164 e. The summed E-state index contributed by atoms with van der Waals surface area (Å²) >= 11 is 0. The van der Waals surface area contributed by atoms with Gasteiger partial charge in [-0.25, -0.2) is 0 Å². The minimum Gasteiger partial charge on any atom is -0.382 e. The molecular formula is C10H16O2. The first kappa shape index (κ1) is 8.24. The molecule has 0 spiro atoms. The highest BCUT2D eigenvalue weighted by Crippen LogP contribution is 2.65. The van der Waals surface area contributed by atoms with Gasteiger partial charge in [-0.05, 0) is 30.6 Å². The summed E-state index contributed by atoms with van der Waals surface area (Å²) in [5.74, 6) is 1.16. The molecule has 2 fully saturated rings. The lowest BCUT2D eigenvalue weighted by molar-refractivity contribution is -0.139. The molecule has 68 valence electrons. The zero-order valence-electron chi connectivity index (χ0n) is 7.92. The van der Waals surface area contributed by atoms with E-state index in [9.17, 15) is 9.90 Å². The molecule has 0 aromatic carbocycles. The Morgan fingerprint density at radius 3 is 2.42 bits per heavy atom. The SMILES string of the molecule is CC1(C)[C@H]2CC(=O)[C@](C)(O)C[C@@H]21. The van der Waals surface area contributed by atoms with Gasteiger partial charge in [-0.2, -0.15) is 0 Å². The second-order valence-electron chi connectivity index (χ2n) is 5.14. The van der Waals surface area contributed by atoms with Crippen molar-refractivity contribution in [1.82, 2.24) is 0 Å². The molecule has 0 bridgehead atoms. The van der Waals surface area contributed by atoms with Gasteiger partial charge in [-0.3, -0.25) is 4.79 Å². The van der Waals surface area contributed by atoms with E-state index in [-0.39, 0.29) is 5.78 Å². The van der Waals surface area contributed by atoms with Crippen LogP contribution in [0.2, 0.25) is 0 Å². The molecule has 0 aliphatic heterocycles. The molecule has 2 aliphatic rings. The van der Waals surface area contributed by atoms with Crippen molar-refractivity contribution in [3.05, 3.63) is 0 Å². The minimum absolute atomic E-state index is 0.0364. The Morgan fingerprint density at radius 2 is 1.92 bits per heavy atom. The number of aliphatic hydroxyl groups is 1. The quantitative estimate of drug-likeness (QED) is 0.593. The number of ketones is 1. The number of Topliss-reactive ketones (excluding diaryl/α,β-unsaturated/α-hetero) is 1. The molecule has 0 unspecified atom stereocenters. The molecule has 2 heteroatoms. The van der Waals surface area contributed by atoms with Crippen LogP contribution in [-0.4, -0.2) is 16.5 Å². The van der Waals surface area contributed by atoms with E-state index in [1.807, 2.05) is 0 Å². The molecule has 0 saturated heterocycles. The highest BCUT2D eigenvalue weighted by atomic mass is 16.3. The van der Waals surface area contributed by atoms with E-state index in [0.29, 0.717) is 30.1 Å². The third-order valence-corrected chi connectivity index (χ3v) is 3.91. The van der Waals surface area contributed by atoms with Gasteiger partial charge in [0.1, 0.15) is 5.60 Å². The van der Waals surface area contributed by atoms with Crippen molar-refractivity contribution >= 4 is 5.78 Å². The van der Waals surface area contributed by atoms with E-state index >= 15 is 0 Å². The van der Waals surface area contributed by atoms with Crippen molar-refractivity contribution in [3.8, 4) is 0 Å². The van der Waals surface area contributed by atoms with Crippen LogP contribution in [0.3, 0.4) is 0 Å². The molecular weight excluding hydrogens is 152 g/mol. The molecule has 3 atom stereocenters. The molecule has 2 nitrogen and oxygen atoms in total. The molecule has 1 N–H and O–H groups in total. The van der Waals surface area contributed by atoms with Crippen LogP contribution >= 0.6 is 0 Å². The van der Waals surface area contributed by atoms with Crippen LogP contribution in [0.15, 0.2) is 0 Å². The first-order valence-electron chi connectivity index (χ1n) is 4.61. The largest absolute Gasteiger partial charge is 0.382 e. The van der Waals surface area contributed by atoms with Crippen molar-refractivity contribution in [2.24, 2.45) is 17.3 Å². The summed E-state index contributed by atoms with van der Waals surface area (Å²) in [6.07, 6.45) is 1.26. The van der Waals surface area contributed by atoms with Crippen LogP contribution in [-0.2, 0) is 4.79 Å². The van der Waals surface area contributed by atoms with Crippen LogP contribution in [0.25, 0.3) is 0 Å². The maximum atomic E-state index is 11.4. The van der Waals surface area contributed by atoms with Crippen molar-refractivity contribution in [3.63, 3.8) is 0 Å². The Morgan fingerprint density at radius 1 is 1.33 bits per heavy atom. The van der Waals surface area contributed by atoms with Gasteiger partial charge in [0.2, 0.25) is 0 Å². The Hall–Kier alpha value is -0.370. The molecule has 2 aliphatic carbocycles. The van der Waals surface area contributed by atoms with E-state index in [1.165, 1.54) is 0 Å². The lowest BCUT2D eigenvalue weighted by atomic mass is 9.85. The number of rotatable bonds is 0. The average molecular weight is 168 g/mol. The minimum atomic E-state index is -1.03. The van der Waals surface area contributed by atoms with Gasteiger partial charge in [0.25, 0.3) is 0 Å². The fraction of sp³-hybridized carbons (Fsp3) is 0.900. The number of carbonyl (C=O) groups is 1. The summed E-state index contributed by atoms with van der Waals surface area (Å²) in [5, 5.41) is 9.72. The standard InChI is InChI=1S/C10H16O2/c1-9(2)6-4-8(11)10(3,12)5-7(6)9/h6-7,12H,4-5H2,1-3H3/t6-,7-,10+/m0/s1. The Labute approximate surface area is 73.0 Å². The van der Waals surface area contributed by atoms with Gasteiger partial charge in [-0.15, -0.1) is 0 Å². The van der Waals surface area contributed by atoms with E-state index in [0.717, 1.165) is 0 Å². The number of hydrogen-bond acceptors (Lipinski definition) is 2. The third kappa shape index (κ3) is 0.875. The van der Waals surface area contributed by atoms with E-state index in [1.54, 1.807) is 6.92 Å². The van der Waals surface area contributed by atoms with Gasteiger partial charge < -0.3 is 5.11 Å². The summed E-state index contributed by atoms with van der Waals surface area (Å²) in [7, 11) is 0. The Bertz CT molecular complexity index is 240. The third-order valence-electron chi connectivity index (χ3n) is 3.91. The van der Waals surface area contributed by atoms with Crippen LogP contribution < -0.4 is 0 Å². The first-order chi connectivity index (χ1) is 5.36. The Balaban J connectivity index is 2.19. The van der Waals surface area contributed by atoms with Crippen LogP contribution in [0, 0.1) is 17.3 Å². The first-order valence-corrected chi connectivity index (χ1v) is 4.61. The lowest BCUT2D eigenvalue weighted by Crippen LogP contribution is -2.38. The molecule has 2 rings (SSSR count). The average Bonchev–Trinajstić information content (AvgIpc) is 2.37. The van der Waals surface area contributed by atoms with Gasteiger partial charge in [0, 0.05) is 6.42 Å². The molecule has 2 saturated carbocycles. The van der Waals surface area contributed by atoms with Crippen molar-refractivity contribution in [1.29, 1.82) is 0 Å². The summed E-state index contributed by atoms with van der Waals surface area (Å²) in [4.78, 5) is 11.4. The van der Waals surface area contributed by atoms with Crippen LogP contribution in [0.5, 0.6) is 0 Å². The molecule has 12 heavy (non-hydrogen) atoms. The van der Waals surface area contributed by atoms with Gasteiger partial charge in [-0.1, -0.05) is 13.8 Å². The van der Waals surface area contributed by atoms with Gasteiger partial charge in [0.15, 0.2) is 5.78 Å². The number of fused-ring (bicyclic) bond motifs is 1. The monoisotopic (exact) mass is 168 g/mol. The highest BCUT2D eigenvalue weighted by molar-refractivity contribution is 5.88. The predicted molar refractivity (Wildman–Crippen MR) is 45.6 cm³/mol. The van der Waals surface area contributed by atoms with Gasteiger partial charge in [0.05, 0.1) is 0 Å². The second-order valence-corrected chi connectivity index (χ2v) is 5.14. The number of hydrogen-bond donors (Lipinski definition) is 1. The molecule has 0 amide bonds. The van der Waals surface area contributed by atoms with Crippen LogP contribution in [0.4, 0.5) is 0 Å². The van der Waals surface area contributed by atoms with Crippen molar-refractivity contribution in [2.45, 2.75) is 39.2 Å². The summed E-state index contributed by atoms with van der Waals surface area (Å²) in [6.45, 7) is 6.04. The maximum Gasteiger partial charge on any atom is 0.164 e. The lowest BCUT2D eigenvalue weighted by Gasteiger charge is -2.25. The summed E-state index contributed by atoms with van der Waals surface area (Å²) in [6, 6.07) is 0. The zero-order valence-corrected chi connectivity index (χ0v) is 7.92. The normalized spacial score (nSPS) is 50.2. The molecule has 0 aromatic rings. The highest BCUT2D eigenvalue weighted by Gasteiger charge is 2.63. The topological polar surface area (TPSA) is 37.3 Å². The second kappa shape index (κ2) is 1.92. The molecule has 0 aromatic heterocycles. The van der Waals surface area contributed by atoms with E-state index < -0.39 is 5.60 Å². The van der Waals surface area contributed by atoms with Crippen molar-refractivity contribution in [2.75, 3.05) is 0 Å². The summed E-state index contributed by atoms with van der Waals surface area (Å²) < 4.78 is 0. The zero-order chi connectivity index (χ0) is 9.15. The fourth-order valence-corrected chi connectivity index (χ4v) is 2.63. The van der Waals surface area contributed by atoms with E-state index in [2.05, 4.69) is 13.8 Å². The predicted octanol–water partition coefficient (Wildman–Crippen LogP) is 1.37. The molecule has 0 heterocycles. The number of carbonyl (C=O) groups excluding carboxylic acids is 1.